The number of carbonyl (C=O) groups excluding carboxylic acids is 3. The van der Waals surface area contributed by atoms with Gasteiger partial charge in [0.1, 0.15) is 11.6 Å². The van der Waals surface area contributed by atoms with Crippen LogP contribution in [0, 0.1) is 11.3 Å². The molecule has 25 heavy (non-hydrogen) atoms. The Bertz CT molecular complexity index is 891. The second-order valence-corrected chi connectivity index (χ2v) is 4.90. The molecule has 0 aliphatic heterocycles. The van der Waals surface area contributed by atoms with Crippen LogP contribution in [0.15, 0.2) is 54.1 Å². The molecule has 0 atom stereocenters. The number of carboxylic acids is 2. The molecule has 0 radical (unpaired) electrons. The number of benzene rings is 2. The number of carbonyl (C=O) groups is 3. The van der Waals surface area contributed by atoms with Gasteiger partial charge in [-0.25, -0.2) is 0 Å². The Hall–Kier alpha value is -3.92. The van der Waals surface area contributed by atoms with E-state index in [9.17, 15) is 24.6 Å². The minimum absolute atomic E-state index is 0.0203. The largest absolute Gasteiger partial charge is 0.545 e. The third kappa shape index (κ3) is 4.53. The molecule has 124 valence electrons. The molecule has 0 heterocycles. The minimum atomic E-state index is -1.34. The third-order valence-electron chi connectivity index (χ3n) is 3.20. The number of anilines is 1. The fourth-order valence-corrected chi connectivity index (χ4v) is 1.92. The van der Waals surface area contributed by atoms with Gasteiger partial charge in [0.15, 0.2) is 0 Å². The van der Waals surface area contributed by atoms with Crippen LogP contribution >= 0.6 is 0 Å². The Morgan fingerprint density at radius 1 is 0.880 bits per heavy atom. The summed E-state index contributed by atoms with van der Waals surface area (Å²) in [7, 11) is 0. The average Bonchev–Trinajstić information content (AvgIpc) is 2.60. The molecule has 0 aliphatic carbocycles. The molecule has 0 aliphatic rings. The Labute approximate surface area is 142 Å². The van der Waals surface area contributed by atoms with Gasteiger partial charge in [0.2, 0.25) is 0 Å². The lowest BCUT2D eigenvalue weighted by Gasteiger charge is -2.07. The van der Waals surface area contributed by atoms with Gasteiger partial charge in [0.05, 0.1) is 11.9 Å². The molecule has 1 N–H and O–H groups in total. The lowest BCUT2D eigenvalue weighted by atomic mass is 10.1. The van der Waals surface area contributed by atoms with E-state index in [-0.39, 0.29) is 16.7 Å². The number of hydrogen-bond donors (Lipinski definition) is 1. The summed E-state index contributed by atoms with van der Waals surface area (Å²) in [4.78, 5) is 33.5. The number of amides is 1. The molecule has 2 aromatic carbocycles. The van der Waals surface area contributed by atoms with Gasteiger partial charge in [-0.1, -0.05) is 36.4 Å². The molecule has 0 bridgehead atoms. The quantitative estimate of drug-likeness (QED) is 0.602. The first kappa shape index (κ1) is 17.4. The maximum atomic E-state index is 12.1. The summed E-state index contributed by atoms with van der Waals surface area (Å²) in [6, 6.07) is 12.5. The van der Waals surface area contributed by atoms with Crippen molar-refractivity contribution in [3.8, 4) is 6.07 Å². The smallest absolute Gasteiger partial charge is 0.266 e. The molecule has 0 spiro atoms. The fraction of sp³-hybridized carbons (Fsp3) is 0. The average molecular weight is 334 g/mol. The van der Waals surface area contributed by atoms with Gasteiger partial charge >= 0.3 is 0 Å². The topological polar surface area (TPSA) is 133 Å². The van der Waals surface area contributed by atoms with Crippen LogP contribution in [0.3, 0.4) is 0 Å². The SMILES string of the molecule is N#C/C(=C\c1ccc(C(=O)[O-])cc1)C(=O)Nc1ccc(C(=O)[O-])cc1. The number of nitrogens with one attached hydrogen (secondary N) is 1. The van der Waals surface area contributed by atoms with E-state index < -0.39 is 17.8 Å². The molecule has 0 unspecified atom stereocenters. The molecule has 2 rings (SSSR count). The van der Waals surface area contributed by atoms with Crippen LogP contribution in [0.25, 0.3) is 6.08 Å². The monoisotopic (exact) mass is 334 g/mol. The number of nitriles is 1. The normalized spacial score (nSPS) is 10.6. The minimum Gasteiger partial charge on any atom is -0.545 e. The zero-order chi connectivity index (χ0) is 18.4. The van der Waals surface area contributed by atoms with Crippen molar-refractivity contribution in [3.05, 3.63) is 70.8 Å². The second-order valence-electron chi connectivity index (χ2n) is 4.90. The second kappa shape index (κ2) is 7.57. The van der Waals surface area contributed by atoms with E-state index >= 15 is 0 Å². The summed E-state index contributed by atoms with van der Waals surface area (Å²) in [5, 5.41) is 32.9. The number of nitrogens with zero attached hydrogens (tertiary/aromatic N) is 1. The summed E-state index contributed by atoms with van der Waals surface area (Å²) in [6.45, 7) is 0. The van der Waals surface area contributed by atoms with E-state index in [1.807, 2.05) is 0 Å². The highest BCUT2D eigenvalue weighted by atomic mass is 16.4. The Kier molecular flexibility index (Phi) is 5.28. The lowest BCUT2D eigenvalue weighted by Crippen LogP contribution is -2.22. The van der Waals surface area contributed by atoms with Crippen molar-refractivity contribution in [2.24, 2.45) is 0 Å². The number of rotatable bonds is 5. The molecule has 0 aromatic heterocycles. The van der Waals surface area contributed by atoms with Crippen molar-refractivity contribution >= 4 is 29.6 Å². The lowest BCUT2D eigenvalue weighted by molar-refractivity contribution is -0.256. The van der Waals surface area contributed by atoms with E-state index in [1.54, 1.807) is 6.07 Å². The van der Waals surface area contributed by atoms with Gasteiger partial charge < -0.3 is 25.1 Å². The van der Waals surface area contributed by atoms with Crippen LogP contribution in [0.2, 0.25) is 0 Å². The van der Waals surface area contributed by atoms with Crippen molar-refractivity contribution in [1.29, 1.82) is 5.26 Å². The highest BCUT2D eigenvalue weighted by molar-refractivity contribution is 6.09. The maximum Gasteiger partial charge on any atom is 0.266 e. The fourth-order valence-electron chi connectivity index (χ4n) is 1.92. The predicted octanol–water partition coefficient (Wildman–Crippen LogP) is -0.0407. The van der Waals surface area contributed by atoms with E-state index in [0.717, 1.165) is 0 Å². The van der Waals surface area contributed by atoms with Gasteiger partial charge in [0.25, 0.3) is 5.91 Å². The summed E-state index contributed by atoms with van der Waals surface area (Å²) in [6.07, 6.45) is 1.30. The van der Waals surface area contributed by atoms with Gasteiger partial charge in [-0.05, 0) is 34.9 Å². The molecular formula is C18H10N2O5-2. The molecule has 0 saturated heterocycles. The van der Waals surface area contributed by atoms with E-state index in [2.05, 4.69) is 5.32 Å². The van der Waals surface area contributed by atoms with Crippen LogP contribution in [0.4, 0.5) is 5.69 Å². The van der Waals surface area contributed by atoms with Crippen LogP contribution in [-0.4, -0.2) is 17.8 Å². The van der Waals surface area contributed by atoms with Crippen molar-refractivity contribution in [2.75, 3.05) is 5.32 Å². The Morgan fingerprint density at radius 3 is 1.80 bits per heavy atom. The Morgan fingerprint density at radius 2 is 1.36 bits per heavy atom. The molecular weight excluding hydrogens is 324 g/mol. The first-order chi connectivity index (χ1) is 11.9. The summed E-state index contributed by atoms with van der Waals surface area (Å²) < 4.78 is 0. The van der Waals surface area contributed by atoms with E-state index in [1.165, 1.54) is 54.6 Å². The summed E-state index contributed by atoms with van der Waals surface area (Å²) in [5.41, 5.74) is 0.507. The highest BCUT2D eigenvalue weighted by Gasteiger charge is 2.09. The zero-order valence-corrected chi connectivity index (χ0v) is 12.7. The first-order valence-corrected chi connectivity index (χ1v) is 6.96. The predicted molar refractivity (Wildman–Crippen MR) is 83.8 cm³/mol. The molecule has 0 fully saturated rings. The zero-order valence-electron chi connectivity index (χ0n) is 12.7. The number of aromatic carboxylic acids is 2. The van der Waals surface area contributed by atoms with Crippen LogP contribution in [0.1, 0.15) is 26.3 Å². The van der Waals surface area contributed by atoms with Gasteiger partial charge in [-0.2, -0.15) is 5.26 Å². The van der Waals surface area contributed by atoms with Gasteiger partial charge in [-0.3, -0.25) is 4.79 Å². The summed E-state index contributed by atoms with van der Waals surface area (Å²) in [5.74, 6) is -3.35. The number of hydrogen-bond acceptors (Lipinski definition) is 6. The number of carboxylic acid groups (broad SMARTS) is 2. The third-order valence-corrected chi connectivity index (χ3v) is 3.20. The van der Waals surface area contributed by atoms with Crippen molar-refractivity contribution in [3.63, 3.8) is 0 Å². The van der Waals surface area contributed by atoms with Crippen molar-refractivity contribution < 1.29 is 24.6 Å². The Balaban J connectivity index is 2.16. The van der Waals surface area contributed by atoms with Crippen molar-refractivity contribution in [1.82, 2.24) is 0 Å². The highest BCUT2D eigenvalue weighted by Crippen LogP contribution is 2.13. The van der Waals surface area contributed by atoms with Crippen LogP contribution in [-0.2, 0) is 4.79 Å². The molecule has 2 aromatic rings. The van der Waals surface area contributed by atoms with E-state index in [0.29, 0.717) is 11.3 Å². The molecule has 1 amide bonds. The maximum absolute atomic E-state index is 12.1. The summed E-state index contributed by atoms with van der Waals surface area (Å²) >= 11 is 0. The van der Waals surface area contributed by atoms with Gasteiger partial charge in [-0.15, -0.1) is 0 Å². The van der Waals surface area contributed by atoms with Crippen LogP contribution in [0.5, 0.6) is 0 Å². The first-order valence-electron chi connectivity index (χ1n) is 6.96. The molecule has 7 heteroatoms. The van der Waals surface area contributed by atoms with Crippen molar-refractivity contribution in [2.45, 2.75) is 0 Å². The standard InChI is InChI=1S/C18H12N2O5/c19-10-14(9-11-1-3-12(4-2-11)17(22)23)16(21)20-15-7-5-13(6-8-15)18(24)25/h1-9H,(H,20,21)(H,22,23)(H,24,25)/p-2/b14-9+. The molecule has 0 saturated carbocycles. The van der Waals surface area contributed by atoms with E-state index in [4.69, 9.17) is 5.26 Å². The van der Waals surface area contributed by atoms with Gasteiger partial charge in [0, 0.05) is 5.69 Å². The van der Waals surface area contributed by atoms with Crippen LogP contribution < -0.4 is 15.5 Å². The molecule has 7 nitrogen and oxygen atoms in total.